The van der Waals surface area contributed by atoms with Gasteiger partial charge in [-0.1, -0.05) is 19.1 Å². The van der Waals surface area contributed by atoms with Crippen LogP contribution in [0.4, 0.5) is 0 Å². The average molecular weight is 182 g/mol. The lowest BCUT2D eigenvalue weighted by Gasteiger charge is -2.05. The first-order chi connectivity index (χ1) is 6.15. The molecule has 4 heteroatoms. The van der Waals surface area contributed by atoms with Crippen molar-refractivity contribution in [1.82, 2.24) is 20.3 Å². The van der Waals surface area contributed by atoms with Crippen LogP contribution < -0.4 is 5.32 Å². The first kappa shape index (κ1) is 10.2. The van der Waals surface area contributed by atoms with Crippen molar-refractivity contribution in [2.75, 3.05) is 7.05 Å². The summed E-state index contributed by atoms with van der Waals surface area (Å²) in [6.45, 7) is 8.17. The summed E-state index contributed by atoms with van der Waals surface area (Å²) in [5.74, 6) is 0.614. The molecule has 1 rings (SSSR count). The molecule has 1 aromatic rings. The highest BCUT2D eigenvalue weighted by Gasteiger charge is 2.07. The van der Waals surface area contributed by atoms with E-state index >= 15 is 0 Å². The van der Waals surface area contributed by atoms with E-state index in [1.165, 1.54) is 5.69 Å². The summed E-state index contributed by atoms with van der Waals surface area (Å²) in [6, 6.07) is 0. The highest BCUT2D eigenvalue weighted by molar-refractivity contribution is 5.07. The Labute approximate surface area is 79.3 Å². The number of hydrogen-bond donors (Lipinski definition) is 1. The van der Waals surface area contributed by atoms with Gasteiger partial charge in [-0.05, 0) is 19.9 Å². The third-order valence-corrected chi connectivity index (χ3v) is 1.96. The standard InChI is InChI=1S/C9H18N4/c1-7(2)6-13-8(3)9(5-10-4)11-12-13/h7,10H,5-6H2,1-4H3. The molecular weight excluding hydrogens is 164 g/mol. The first-order valence-electron chi connectivity index (χ1n) is 4.68. The summed E-state index contributed by atoms with van der Waals surface area (Å²) < 4.78 is 1.97. The van der Waals surface area contributed by atoms with E-state index in [2.05, 4.69) is 36.4 Å². The Morgan fingerprint density at radius 3 is 2.69 bits per heavy atom. The van der Waals surface area contributed by atoms with Crippen molar-refractivity contribution in [3.8, 4) is 0 Å². The first-order valence-corrected chi connectivity index (χ1v) is 4.68. The molecule has 1 N–H and O–H groups in total. The Bertz CT molecular complexity index is 265. The van der Waals surface area contributed by atoms with Crippen LogP contribution in [0.1, 0.15) is 25.2 Å². The molecule has 0 aliphatic rings. The third kappa shape index (κ3) is 2.52. The molecule has 0 saturated carbocycles. The molecule has 4 nitrogen and oxygen atoms in total. The summed E-state index contributed by atoms with van der Waals surface area (Å²) in [7, 11) is 1.92. The van der Waals surface area contributed by atoms with Crippen LogP contribution in [-0.4, -0.2) is 22.0 Å². The molecule has 0 atom stereocenters. The second-order valence-electron chi connectivity index (χ2n) is 3.73. The molecular formula is C9H18N4. The van der Waals surface area contributed by atoms with Gasteiger partial charge >= 0.3 is 0 Å². The van der Waals surface area contributed by atoms with E-state index in [1.54, 1.807) is 0 Å². The van der Waals surface area contributed by atoms with Crippen LogP contribution in [0.5, 0.6) is 0 Å². The van der Waals surface area contributed by atoms with Gasteiger partial charge in [0.2, 0.25) is 0 Å². The molecule has 0 aliphatic carbocycles. The van der Waals surface area contributed by atoms with Crippen LogP contribution in [0.15, 0.2) is 0 Å². The molecule has 0 amide bonds. The van der Waals surface area contributed by atoms with Gasteiger partial charge in [0.05, 0.1) is 11.4 Å². The fraction of sp³-hybridized carbons (Fsp3) is 0.778. The number of hydrogen-bond acceptors (Lipinski definition) is 3. The lowest BCUT2D eigenvalue weighted by molar-refractivity contribution is 0.464. The van der Waals surface area contributed by atoms with Gasteiger partial charge in [-0.15, -0.1) is 5.10 Å². The zero-order chi connectivity index (χ0) is 9.84. The van der Waals surface area contributed by atoms with Crippen LogP contribution in [0.25, 0.3) is 0 Å². The number of aromatic nitrogens is 3. The zero-order valence-corrected chi connectivity index (χ0v) is 8.83. The normalized spacial score (nSPS) is 11.2. The zero-order valence-electron chi connectivity index (χ0n) is 8.83. The summed E-state index contributed by atoms with van der Waals surface area (Å²) in [4.78, 5) is 0. The van der Waals surface area contributed by atoms with E-state index in [0.717, 1.165) is 18.8 Å². The lowest BCUT2D eigenvalue weighted by atomic mass is 10.2. The van der Waals surface area contributed by atoms with Crippen molar-refractivity contribution < 1.29 is 0 Å². The van der Waals surface area contributed by atoms with Gasteiger partial charge < -0.3 is 5.32 Å². The van der Waals surface area contributed by atoms with Gasteiger partial charge in [0.1, 0.15) is 0 Å². The molecule has 0 radical (unpaired) electrons. The smallest absolute Gasteiger partial charge is 0.0993 e. The average Bonchev–Trinajstić information content (AvgIpc) is 2.36. The number of nitrogens with zero attached hydrogens (tertiary/aromatic N) is 3. The van der Waals surface area contributed by atoms with Crippen molar-refractivity contribution in [3.05, 3.63) is 11.4 Å². The van der Waals surface area contributed by atoms with Crippen LogP contribution in [0.2, 0.25) is 0 Å². The SMILES string of the molecule is CNCc1nnn(CC(C)C)c1C. The second kappa shape index (κ2) is 4.37. The summed E-state index contributed by atoms with van der Waals surface area (Å²) >= 11 is 0. The van der Waals surface area contributed by atoms with Crippen molar-refractivity contribution >= 4 is 0 Å². The summed E-state index contributed by atoms with van der Waals surface area (Å²) in [5.41, 5.74) is 2.21. The minimum atomic E-state index is 0.614. The second-order valence-corrected chi connectivity index (χ2v) is 3.73. The van der Waals surface area contributed by atoms with Gasteiger partial charge in [0.25, 0.3) is 0 Å². The Morgan fingerprint density at radius 2 is 2.15 bits per heavy atom. The van der Waals surface area contributed by atoms with E-state index < -0.39 is 0 Å². The molecule has 0 fully saturated rings. The topological polar surface area (TPSA) is 42.7 Å². The van der Waals surface area contributed by atoms with E-state index in [9.17, 15) is 0 Å². The van der Waals surface area contributed by atoms with Gasteiger partial charge in [-0.3, -0.25) is 0 Å². The van der Waals surface area contributed by atoms with Crippen LogP contribution >= 0.6 is 0 Å². The van der Waals surface area contributed by atoms with E-state index in [-0.39, 0.29) is 0 Å². The minimum absolute atomic E-state index is 0.614. The molecule has 0 bridgehead atoms. The third-order valence-electron chi connectivity index (χ3n) is 1.96. The Balaban J connectivity index is 2.74. The minimum Gasteiger partial charge on any atom is -0.314 e. The molecule has 13 heavy (non-hydrogen) atoms. The van der Waals surface area contributed by atoms with Gasteiger partial charge in [0, 0.05) is 13.1 Å². The fourth-order valence-corrected chi connectivity index (χ4v) is 1.25. The fourth-order valence-electron chi connectivity index (χ4n) is 1.25. The van der Waals surface area contributed by atoms with E-state index in [4.69, 9.17) is 0 Å². The molecule has 0 aromatic carbocycles. The molecule has 1 aromatic heterocycles. The maximum Gasteiger partial charge on any atom is 0.0993 e. The van der Waals surface area contributed by atoms with Crippen molar-refractivity contribution in [2.24, 2.45) is 5.92 Å². The largest absolute Gasteiger partial charge is 0.314 e. The molecule has 0 spiro atoms. The van der Waals surface area contributed by atoms with Crippen molar-refractivity contribution in [3.63, 3.8) is 0 Å². The molecule has 0 aliphatic heterocycles. The predicted molar refractivity (Wildman–Crippen MR) is 52.4 cm³/mol. The highest BCUT2D eigenvalue weighted by atomic mass is 15.4. The maximum absolute atomic E-state index is 4.11. The van der Waals surface area contributed by atoms with Crippen LogP contribution in [-0.2, 0) is 13.1 Å². The predicted octanol–water partition coefficient (Wildman–Crippen LogP) is 0.962. The monoisotopic (exact) mass is 182 g/mol. The molecule has 74 valence electrons. The van der Waals surface area contributed by atoms with Gasteiger partial charge in [-0.2, -0.15) is 0 Å². The van der Waals surface area contributed by atoms with Crippen molar-refractivity contribution in [2.45, 2.75) is 33.9 Å². The Kier molecular flexibility index (Phi) is 3.42. The number of nitrogens with one attached hydrogen (secondary N) is 1. The van der Waals surface area contributed by atoms with E-state index in [0.29, 0.717) is 5.92 Å². The van der Waals surface area contributed by atoms with Gasteiger partial charge in [-0.25, -0.2) is 4.68 Å². The highest BCUT2D eigenvalue weighted by Crippen LogP contribution is 2.05. The Morgan fingerprint density at radius 1 is 1.46 bits per heavy atom. The molecule has 0 unspecified atom stereocenters. The van der Waals surface area contributed by atoms with E-state index in [1.807, 2.05) is 11.7 Å². The van der Waals surface area contributed by atoms with Crippen LogP contribution in [0, 0.1) is 12.8 Å². The number of rotatable bonds is 4. The van der Waals surface area contributed by atoms with Gasteiger partial charge in [0.15, 0.2) is 0 Å². The molecule has 1 heterocycles. The van der Waals surface area contributed by atoms with Crippen molar-refractivity contribution in [1.29, 1.82) is 0 Å². The molecule has 0 saturated heterocycles. The van der Waals surface area contributed by atoms with Crippen LogP contribution in [0.3, 0.4) is 0 Å². The lowest BCUT2D eigenvalue weighted by Crippen LogP contribution is -2.10. The quantitative estimate of drug-likeness (QED) is 0.754. The maximum atomic E-state index is 4.11. The summed E-state index contributed by atoms with van der Waals surface area (Å²) in [5, 5.41) is 11.3. The summed E-state index contributed by atoms with van der Waals surface area (Å²) in [6.07, 6.45) is 0. The Hall–Kier alpha value is -0.900.